The lowest BCUT2D eigenvalue weighted by Gasteiger charge is -2.08. The van der Waals surface area contributed by atoms with Crippen LogP contribution in [0.25, 0.3) is 5.69 Å². The van der Waals surface area contributed by atoms with E-state index in [1.807, 2.05) is 6.92 Å². The summed E-state index contributed by atoms with van der Waals surface area (Å²) >= 11 is 2.96. The van der Waals surface area contributed by atoms with Gasteiger partial charge in [0.05, 0.1) is 9.40 Å². The van der Waals surface area contributed by atoms with Crippen molar-refractivity contribution in [2.24, 2.45) is 0 Å². The van der Waals surface area contributed by atoms with Crippen LogP contribution in [0, 0.1) is 15.9 Å². The van der Waals surface area contributed by atoms with Crippen molar-refractivity contribution in [1.82, 2.24) is 9.55 Å². The zero-order valence-electron chi connectivity index (χ0n) is 10.1. The van der Waals surface area contributed by atoms with E-state index in [2.05, 4.69) is 20.9 Å². The largest absolute Gasteiger partial charge is 0.297 e. The number of nitro benzene ring substituents is 1. The van der Waals surface area contributed by atoms with Crippen LogP contribution >= 0.6 is 15.9 Å². The predicted octanol–water partition coefficient (Wildman–Crippen LogP) is 3.63. The molecule has 0 aliphatic rings. The molecule has 1 aromatic carbocycles. The Morgan fingerprint density at radius 1 is 1.53 bits per heavy atom. The van der Waals surface area contributed by atoms with Crippen LogP contribution in [0.3, 0.4) is 0 Å². The molecule has 7 heteroatoms. The third-order valence-electron chi connectivity index (χ3n) is 2.66. The van der Waals surface area contributed by atoms with E-state index in [9.17, 15) is 14.5 Å². The molecule has 100 valence electrons. The van der Waals surface area contributed by atoms with E-state index in [1.54, 1.807) is 17.0 Å². The van der Waals surface area contributed by atoms with Gasteiger partial charge in [0.1, 0.15) is 17.3 Å². The SMILES string of the molecule is CCCc1nccn1-c1cc(F)c(Br)cc1[N+](=O)[O-]. The Bertz CT molecular complexity index is 627. The number of halogens is 2. The van der Waals surface area contributed by atoms with E-state index in [4.69, 9.17) is 0 Å². The van der Waals surface area contributed by atoms with Crippen LogP contribution in [-0.2, 0) is 6.42 Å². The van der Waals surface area contributed by atoms with Crippen molar-refractivity contribution < 1.29 is 9.31 Å². The van der Waals surface area contributed by atoms with Gasteiger partial charge < -0.3 is 0 Å². The smallest absolute Gasteiger partial charge is 0.294 e. The lowest BCUT2D eigenvalue weighted by Crippen LogP contribution is -2.05. The summed E-state index contributed by atoms with van der Waals surface area (Å²) in [4.78, 5) is 14.7. The fraction of sp³-hybridized carbons (Fsp3) is 0.250. The van der Waals surface area contributed by atoms with Crippen LogP contribution in [0.2, 0.25) is 0 Å². The van der Waals surface area contributed by atoms with Crippen LogP contribution in [0.4, 0.5) is 10.1 Å². The van der Waals surface area contributed by atoms with E-state index in [1.165, 1.54) is 6.07 Å². The molecule has 0 fully saturated rings. The number of aryl methyl sites for hydroxylation is 1. The molecular weight excluding hydrogens is 317 g/mol. The summed E-state index contributed by atoms with van der Waals surface area (Å²) in [7, 11) is 0. The molecule has 2 aromatic rings. The third-order valence-corrected chi connectivity index (χ3v) is 3.27. The van der Waals surface area contributed by atoms with Gasteiger partial charge in [-0.05, 0) is 22.4 Å². The molecule has 0 bridgehead atoms. The van der Waals surface area contributed by atoms with Gasteiger partial charge in [0, 0.05) is 30.9 Å². The average Bonchev–Trinajstić information content (AvgIpc) is 2.80. The molecule has 1 aromatic heterocycles. The van der Waals surface area contributed by atoms with Crippen LogP contribution in [0.5, 0.6) is 0 Å². The number of aromatic nitrogens is 2. The first kappa shape index (κ1) is 13.7. The number of nitrogens with zero attached hydrogens (tertiary/aromatic N) is 3. The van der Waals surface area contributed by atoms with Gasteiger partial charge in [0.2, 0.25) is 0 Å². The number of benzene rings is 1. The van der Waals surface area contributed by atoms with Crippen LogP contribution < -0.4 is 0 Å². The molecule has 0 unspecified atom stereocenters. The Kier molecular flexibility index (Phi) is 3.94. The van der Waals surface area contributed by atoms with Gasteiger partial charge in [0.15, 0.2) is 0 Å². The molecule has 0 amide bonds. The maximum atomic E-state index is 13.6. The van der Waals surface area contributed by atoms with E-state index in [0.29, 0.717) is 12.2 Å². The number of imidazole rings is 1. The Balaban J connectivity index is 2.63. The predicted molar refractivity (Wildman–Crippen MR) is 71.9 cm³/mol. The highest BCUT2D eigenvalue weighted by Gasteiger charge is 2.20. The number of rotatable bonds is 4. The first-order valence-electron chi connectivity index (χ1n) is 5.70. The molecule has 0 spiro atoms. The second-order valence-electron chi connectivity index (χ2n) is 3.98. The topological polar surface area (TPSA) is 61.0 Å². The monoisotopic (exact) mass is 327 g/mol. The van der Waals surface area contributed by atoms with Crippen molar-refractivity contribution in [3.63, 3.8) is 0 Å². The fourth-order valence-electron chi connectivity index (χ4n) is 1.83. The van der Waals surface area contributed by atoms with Crippen LogP contribution in [0.15, 0.2) is 29.0 Å². The van der Waals surface area contributed by atoms with Crippen molar-refractivity contribution in [2.75, 3.05) is 0 Å². The van der Waals surface area contributed by atoms with E-state index in [-0.39, 0.29) is 15.8 Å². The highest BCUT2D eigenvalue weighted by molar-refractivity contribution is 9.10. The average molecular weight is 328 g/mol. The molecule has 0 saturated heterocycles. The van der Waals surface area contributed by atoms with Crippen LogP contribution in [0.1, 0.15) is 19.2 Å². The van der Waals surface area contributed by atoms with E-state index < -0.39 is 10.7 Å². The number of nitro groups is 1. The summed E-state index contributed by atoms with van der Waals surface area (Å²) in [6, 6.07) is 2.31. The quantitative estimate of drug-likeness (QED) is 0.636. The molecule has 2 rings (SSSR count). The highest BCUT2D eigenvalue weighted by atomic mass is 79.9. The van der Waals surface area contributed by atoms with Gasteiger partial charge in [-0.15, -0.1) is 0 Å². The Labute approximate surface area is 117 Å². The summed E-state index contributed by atoms with van der Waals surface area (Å²) in [6.45, 7) is 1.98. The summed E-state index contributed by atoms with van der Waals surface area (Å²) in [5.74, 6) is 0.129. The molecular formula is C12H11BrFN3O2. The molecule has 0 aliphatic carbocycles. The lowest BCUT2D eigenvalue weighted by atomic mass is 10.2. The summed E-state index contributed by atoms with van der Waals surface area (Å²) in [6.07, 6.45) is 4.67. The van der Waals surface area contributed by atoms with Gasteiger partial charge in [-0.2, -0.15) is 0 Å². The van der Waals surface area contributed by atoms with Crippen molar-refractivity contribution in [3.8, 4) is 5.69 Å². The number of hydrogen-bond donors (Lipinski definition) is 0. The molecule has 0 saturated carbocycles. The van der Waals surface area contributed by atoms with Crippen LogP contribution in [-0.4, -0.2) is 14.5 Å². The lowest BCUT2D eigenvalue weighted by molar-refractivity contribution is -0.384. The first-order valence-corrected chi connectivity index (χ1v) is 6.50. The van der Waals surface area contributed by atoms with E-state index >= 15 is 0 Å². The van der Waals surface area contributed by atoms with Crippen molar-refractivity contribution in [2.45, 2.75) is 19.8 Å². The van der Waals surface area contributed by atoms with Gasteiger partial charge in [-0.3, -0.25) is 14.7 Å². The second kappa shape index (κ2) is 5.48. The molecule has 0 N–H and O–H groups in total. The molecule has 0 aliphatic heterocycles. The molecule has 1 heterocycles. The molecule has 5 nitrogen and oxygen atoms in total. The van der Waals surface area contributed by atoms with Crippen molar-refractivity contribution in [3.05, 3.63) is 50.8 Å². The molecule has 0 atom stereocenters. The zero-order valence-corrected chi connectivity index (χ0v) is 11.7. The number of hydrogen-bond acceptors (Lipinski definition) is 3. The minimum absolute atomic E-state index is 0.0695. The fourth-order valence-corrected chi connectivity index (χ4v) is 2.16. The maximum absolute atomic E-state index is 13.6. The molecule has 19 heavy (non-hydrogen) atoms. The Hall–Kier alpha value is -1.76. The minimum Gasteiger partial charge on any atom is -0.297 e. The Morgan fingerprint density at radius 2 is 2.26 bits per heavy atom. The normalized spacial score (nSPS) is 10.7. The maximum Gasteiger partial charge on any atom is 0.294 e. The third kappa shape index (κ3) is 2.65. The minimum atomic E-state index is -0.545. The van der Waals surface area contributed by atoms with Gasteiger partial charge in [0.25, 0.3) is 5.69 Å². The second-order valence-corrected chi connectivity index (χ2v) is 4.83. The first-order chi connectivity index (χ1) is 9.04. The van der Waals surface area contributed by atoms with Gasteiger partial charge >= 0.3 is 0 Å². The standard InChI is InChI=1S/C12H11BrFN3O2/c1-2-3-12-15-4-5-16(12)10-7-9(14)8(13)6-11(10)17(18)19/h4-7H,2-3H2,1H3. The van der Waals surface area contributed by atoms with E-state index in [0.717, 1.165) is 12.5 Å². The summed E-state index contributed by atoms with van der Waals surface area (Å²) in [5, 5.41) is 11.1. The Morgan fingerprint density at radius 3 is 2.89 bits per heavy atom. The van der Waals surface area contributed by atoms with Gasteiger partial charge in [-0.1, -0.05) is 6.92 Å². The van der Waals surface area contributed by atoms with Crippen molar-refractivity contribution in [1.29, 1.82) is 0 Å². The zero-order chi connectivity index (χ0) is 14.0. The van der Waals surface area contributed by atoms with Gasteiger partial charge in [-0.25, -0.2) is 9.37 Å². The molecule has 0 radical (unpaired) electrons. The summed E-state index contributed by atoms with van der Waals surface area (Å²) < 4.78 is 15.3. The van der Waals surface area contributed by atoms with Crippen molar-refractivity contribution >= 4 is 21.6 Å². The summed E-state index contributed by atoms with van der Waals surface area (Å²) in [5.41, 5.74) is 0.0234. The highest BCUT2D eigenvalue weighted by Crippen LogP contribution is 2.30.